The summed E-state index contributed by atoms with van der Waals surface area (Å²) in [7, 11) is 0. The molecule has 0 aliphatic rings. The summed E-state index contributed by atoms with van der Waals surface area (Å²) >= 11 is 0. The van der Waals surface area contributed by atoms with E-state index in [0.717, 1.165) is 0 Å². The molecule has 50 nitrogen and oxygen atoms in total. The maximum atomic E-state index is 14.7. The number of aliphatic hydroxyl groups is 1. The summed E-state index contributed by atoms with van der Waals surface area (Å²) in [5.41, 5.74) is 27.9. The number of hydrogen-bond donors (Lipinski definition) is 28. The molecule has 1 aromatic heterocycles. The summed E-state index contributed by atoms with van der Waals surface area (Å²) in [6.07, 6.45) is -2.81. The second-order valence-corrected chi connectivity index (χ2v) is 30.7. The molecule has 1 aromatic rings. The highest BCUT2D eigenvalue weighted by molar-refractivity contribution is 6.01. The molecule has 1 rings (SSSR count). The molecule has 33 N–H and O–H groups in total. The number of aliphatic hydroxyl groups excluding tert-OH is 1. The van der Waals surface area contributed by atoms with Crippen LogP contribution in [0, 0.1) is 29.1 Å². The molecule has 0 aromatic carbocycles. The van der Waals surface area contributed by atoms with E-state index >= 15 is 0 Å². The Hall–Kier alpha value is -12.8. The highest BCUT2D eigenvalue weighted by Crippen LogP contribution is 2.17. The number of H-pyrrole nitrogens is 1. The first-order chi connectivity index (χ1) is 59.1. The number of hydrogen-bond acceptors (Lipinski definition) is 26. The van der Waals surface area contributed by atoms with E-state index in [9.17, 15) is 126 Å². The van der Waals surface area contributed by atoms with Crippen LogP contribution in [0.25, 0.3) is 0 Å². The molecule has 0 spiro atoms. The fraction of sp³-hybridized carbons (Fsp3) is 0.671. The third-order valence-electron chi connectivity index (χ3n) is 19.9. The molecule has 0 bridgehead atoms. The molecule has 0 radical (unpaired) electrons. The van der Waals surface area contributed by atoms with Gasteiger partial charge in [-0.3, -0.25) is 101 Å². The first kappa shape index (κ1) is 111. The molecule has 0 unspecified atom stereocenters. The van der Waals surface area contributed by atoms with Crippen LogP contribution < -0.4 is 114 Å². The van der Waals surface area contributed by atoms with Crippen LogP contribution in [0.4, 0.5) is 0 Å². The van der Waals surface area contributed by atoms with Crippen molar-refractivity contribution in [1.29, 1.82) is 5.41 Å². The van der Waals surface area contributed by atoms with Crippen molar-refractivity contribution in [3.8, 4) is 0 Å². The van der Waals surface area contributed by atoms with Gasteiger partial charge in [-0.15, -0.1) is 0 Å². The number of nitrogens with one attached hydrogen (secondary N) is 18. The van der Waals surface area contributed by atoms with Gasteiger partial charge in [0.2, 0.25) is 100 Å². The number of aromatic amines is 1. The van der Waals surface area contributed by atoms with E-state index < -0.39 is 304 Å². The van der Waals surface area contributed by atoms with E-state index in [1.54, 1.807) is 48.5 Å². The summed E-state index contributed by atoms with van der Waals surface area (Å²) in [5.74, 6) is -26.9. The van der Waals surface area contributed by atoms with Gasteiger partial charge in [0.1, 0.15) is 78.5 Å². The highest BCUT2D eigenvalue weighted by atomic mass is 16.4. The zero-order valence-corrected chi connectivity index (χ0v) is 72.2. The number of carbonyl (C=O) groups excluding carboxylic acids is 17. The van der Waals surface area contributed by atoms with Gasteiger partial charge in [0.15, 0.2) is 5.96 Å². The molecule has 50 heteroatoms. The number of rotatable bonds is 64. The maximum Gasteiger partial charge on any atom is 0.326 e. The Morgan fingerprint density at radius 2 is 0.817 bits per heavy atom. The van der Waals surface area contributed by atoms with Crippen molar-refractivity contribution < 1.29 is 126 Å². The predicted molar refractivity (Wildman–Crippen MR) is 445 cm³/mol. The van der Waals surface area contributed by atoms with Crippen molar-refractivity contribution in [2.24, 2.45) is 52.3 Å². The average Bonchev–Trinajstić information content (AvgIpc) is 0.847. The first-order valence-electron chi connectivity index (χ1n) is 41.2. The van der Waals surface area contributed by atoms with Crippen molar-refractivity contribution in [3.63, 3.8) is 0 Å². The number of nitrogens with two attached hydrogens (primary N) is 5. The van der Waals surface area contributed by atoms with E-state index in [1.807, 2.05) is 12.2 Å². The van der Waals surface area contributed by atoms with Gasteiger partial charge in [-0.2, -0.15) is 0 Å². The molecule has 0 aliphatic carbocycles. The van der Waals surface area contributed by atoms with E-state index in [1.165, 1.54) is 19.4 Å². The second-order valence-electron chi connectivity index (χ2n) is 30.7. The molecule has 708 valence electrons. The van der Waals surface area contributed by atoms with Gasteiger partial charge in [0, 0.05) is 44.8 Å². The number of carboxylic acid groups (broad SMARTS) is 4. The molecule has 0 saturated carbocycles. The Balaban J connectivity index is 3.51. The number of carboxylic acids is 4. The summed E-state index contributed by atoms with van der Waals surface area (Å²) in [6.45, 7) is 11.7. The minimum absolute atomic E-state index is 0.0815. The number of aromatic nitrogens is 2. The second kappa shape index (κ2) is 58.4. The smallest absolute Gasteiger partial charge is 0.326 e. The van der Waals surface area contributed by atoms with Crippen molar-refractivity contribution in [3.05, 3.63) is 18.2 Å². The van der Waals surface area contributed by atoms with Crippen LogP contribution in [0.1, 0.15) is 184 Å². The monoisotopic (exact) mass is 1790 g/mol. The Morgan fingerprint density at radius 3 is 1.26 bits per heavy atom. The van der Waals surface area contributed by atoms with Crippen LogP contribution in [-0.4, -0.2) is 283 Å². The van der Waals surface area contributed by atoms with Crippen LogP contribution >= 0.6 is 0 Å². The molecular weight excluding hydrogens is 1660 g/mol. The van der Waals surface area contributed by atoms with Gasteiger partial charge in [0.25, 0.3) is 0 Å². The largest absolute Gasteiger partial charge is 0.481 e. The summed E-state index contributed by atoms with van der Waals surface area (Å²) in [5, 5.41) is 94.3. The molecule has 1 heterocycles. The number of unbranched alkanes of at least 4 members (excludes halogenated alkanes) is 1. The lowest BCUT2D eigenvalue weighted by atomic mass is 9.95. The topological polar surface area (TPSA) is 835 Å². The molecule has 126 heavy (non-hydrogen) atoms. The fourth-order valence-electron chi connectivity index (χ4n) is 11.9. The van der Waals surface area contributed by atoms with Gasteiger partial charge in [-0.05, 0) is 101 Å². The Kier molecular flexibility index (Phi) is 51.5. The lowest BCUT2D eigenvalue weighted by Gasteiger charge is -2.31. The molecule has 0 saturated heterocycles. The Morgan fingerprint density at radius 1 is 0.413 bits per heavy atom. The number of primary amides is 2. The van der Waals surface area contributed by atoms with Crippen LogP contribution in [0.15, 0.2) is 12.5 Å². The Labute approximate surface area is 726 Å². The standard InChI is InChI=1S/C76H128N24O26/c1-10-37(6)59(80)72(122)88-40(9)62(112)90-45(19-23-53(79)103)67(117)99-60(38(7)11-2)74(124)97-49(29-41-31-83-35-87-41)70(120)100-61(39(8)12-3)73(123)96-48(28-36(4)5)68(118)91-43(20-24-56(106)107)63(113)86-32-54(104)85-33-55(105)89-42(17-15-27-84-76(81)82)64(114)98-51(34-101)71(121)95-50(30-58(110)111)69(119)93-46(21-25-57(108)109)65(115)92-44(18-22-52(78)102)66(116)94-47(75(125)126)16-13-14-26-77/h31,35-40,42-51,59-61,101H,10-30,32-34,77,80H2,1-9H3,(H2,78,102)(H2,79,103)(H,83,87)(H,85,104)(H,86,113)(H,88,122)(H,89,105)(H,90,112)(H,91,118)(H,92,115)(H,93,119)(H,94,116)(H,95,121)(H,96,123)(H,97,124)(H,98,114)(H,99,117)(H,100,120)(H,106,107)(H,108,109)(H,110,111)(H,125,126)(H4,81,82,84)/t37-,38-,39-,40-,42-,43-,44-,45-,46-,47-,48-,49-,50-,51-,59-,60-,61-/m0/s1. The minimum Gasteiger partial charge on any atom is -0.481 e. The van der Waals surface area contributed by atoms with Crippen molar-refractivity contribution >= 4 is 130 Å². The number of imidazole rings is 1. The zero-order chi connectivity index (χ0) is 95.8. The van der Waals surface area contributed by atoms with Crippen LogP contribution in [0.5, 0.6) is 0 Å². The summed E-state index contributed by atoms with van der Waals surface area (Å²) in [6, 6.07) is -22.7. The molecule has 0 fully saturated rings. The zero-order valence-electron chi connectivity index (χ0n) is 72.2. The number of guanidine groups is 1. The third kappa shape index (κ3) is 43.5. The molecule has 17 atom stereocenters. The van der Waals surface area contributed by atoms with E-state index in [-0.39, 0.29) is 82.5 Å². The molecule has 0 aliphatic heterocycles. The van der Waals surface area contributed by atoms with Gasteiger partial charge in [-0.1, -0.05) is 74.7 Å². The number of carbonyl (C=O) groups is 21. The average molecular weight is 1790 g/mol. The minimum atomic E-state index is -2.21. The quantitative estimate of drug-likeness (QED) is 0.0164. The van der Waals surface area contributed by atoms with Crippen LogP contribution in [0.2, 0.25) is 0 Å². The number of amides is 17. The lowest BCUT2D eigenvalue weighted by molar-refractivity contribution is -0.143. The summed E-state index contributed by atoms with van der Waals surface area (Å²) < 4.78 is 0. The first-order valence-corrected chi connectivity index (χ1v) is 41.2. The van der Waals surface area contributed by atoms with Crippen LogP contribution in [0.3, 0.4) is 0 Å². The Bertz CT molecular complexity index is 3890. The van der Waals surface area contributed by atoms with Crippen molar-refractivity contribution in [2.45, 2.75) is 269 Å². The van der Waals surface area contributed by atoms with Gasteiger partial charge >= 0.3 is 23.9 Å². The SMILES string of the molecule is CC[C@H](C)[C@H](N)C(=O)N[C@@H](C)C(=O)N[C@@H](CCC(N)=O)C(=O)N[C@H](C(=O)N[C@@H](Cc1c[nH]cn1)C(=O)N[C@H](C(=O)N[C@@H](CC(C)C)C(=O)N[C@@H](CCC(=O)O)C(=O)NCC(=O)NCC(=O)N[C@@H](CCCNC(=N)N)C(=O)N[C@@H](CO)C(=O)N[C@@H](CC(=O)O)C(=O)N[C@@H](CCC(=O)O)C(=O)N[C@@H](CCC(N)=O)C(=O)N[C@@H](CCCCN)C(=O)O)[C@@H](C)CC)[C@@H](C)CC. The lowest BCUT2D eigenvalue weighted by Crippen LogP contribution is -2.62. The maximum absolute atomic E-state index is 14.7. The van der Waals surface area contributed by atoms with Gasteiger partial charge in [0.05, 0.1) is 44.2 Å². The van der Waals surface area contributed by atoms with E-state index in [4.69, 9.17) is 34.1 Å². The third-order valence-corrected chi connectivity index (χ3v) is 19.9. The van der Waals surface area contributed by atoms with Crippen LogP contribution in [-0.2, 0) is 107 Å². The summed E-state index contributed by atoms with van der Waals surface area (Å²) in [4.78, 5) is 286. The van der Waals surface area contributed by atoms with Crippen molar-refractivity contribution in [2.75, 3.05) is 32.8 Å². The van der Waals surface area contributed by atoms with Gasteiger partial charge in [-0.25, -0.2) is 9.78 Å². The fourth-order valence-corrected chi connectivity index (χ4v) is 11.9. The van der Waals surface area contributed by atoms with E-state index in [0.29, 0.717) is 12.8 Å². The number of nitrogens with zero attached hydrogens (tertiary/aromatic N) is 1. The number of aliphatic carboxylic acids is 4. The highest BCUT2D eigenvalue weighted by Gasteiger charge is 2.40. The molecule has 17 amide bonds. The van der Waals surface area contributed by atoms with Crippen molar-refractivity contribution in [1.82, 2.24) is 95.0 Å². The van der Waals surface area contributed by atoms with Gasteiger partial charge < -0.3 is 144 Å². The molecular formula is C76H128N24O26. The predicted octanol–water partition coefficient (Wildman–Crippen LogP) is -8.78. The van der Waals surface area contributed by atoms with E-state index in [2.05, 4.69) is 89.7 Å². The normalized spacial score (nSPS) is 15.1.